The lowest BCUT2D eigenvalue weighted by Gasteiger charge is -2.09. The van der Waals surface area contributed by atoms with Gasteiger partial charge < -0.3 is 9.47 Å². The van der Waals surface area contributed by atoms with Crippen molar-refractivity contribution in [2.75, 3.05) is 19.0 Å². The van der Waals surface area contributed by atoms with E-state index >= 15 is 0 Å². The van der Waals surface area contributed by atoms with E-state index in [0.29, 0.717) is 29.1 Å². The predicted octanol–water partition coefficient (Wildman–Crippen LogP) is 3.22. The summed E-state index contributed by atoms with van der Waals surface area (Å²) in [5, 5.41) is 1.10. The zero-order valence-electron chi connectivity index (χ0n) is 10.8. The Kier molecular flexibility index (Phi) is 4.37. The van der Waals surface area contributed by atoms with Crippen LogP contribution in [0.25, 0.3) is 10.9 Å². The van der Waals surface area contributed by atoms with Gasteiger partial charge in [0, 0.05) is 17.0 Å². The number of hydrogen-bond acceptors (Lipinski definition) is 4. The van der Waals surface area contributed by atoms with Crippen LogP contribution in [0.4, 0.5) is 0 Å². The summed E-state index contributed by atoms with van der Waals surface area (Å²) in [4.78, 5) is 16.1. The molecule has 0 N–H and O–H groups in total. The number of nitrogens with zero attached hydrogens (tertiary/aromatic N) is 1. The summed E-state index contributed by atoms with van der Waals surface area (Å²) in [6.45, 7) is 2.44. The molecule has 0 atom stereocenters. The van der Waals surface area contributed by atoms with Crippen LogP contribution in [-0.4, -0.2) is 29.8 Å². The van der Waals surface area contributed by atoms with Crippen molar-refractivity contribution in [2.24, 2.45) is 0 Å². The normalized spacial score (nSPS) is 10.5. The summed E-state index contributed by atoms with van der Waals surface area (Å²) < 4.78 is 10.7. The summed E-state index contributed by atoms with van der Waals surface area (Å²) in [7, 11) is 1.59. The molecule has 5 heteroatoms. The number of pyridine rings is 1. The molecule has 0 radical (unpaired) electrons. The molecule has 0 bridgehead atoms. The number of hydrogen-bond donors (Lipinski definition) is 0. The Morgan fingerprint density at radius 1 is 1.37 bits per heavy atom. The SMILES string of the molecule is CCOc1cc(OC)c2cc(C(=O)CBr)ccc2n1. The Labute approximate surface area is 119 Å². The third kappa shape index (κ3) is 2.87. The first-order chi connectivity index (χ1) is 9.19. The highest BCUT2D eigenvalue weighted by molar-refractivity contribution is 9.09. The van der Waals surface area contributed by atoms with Gasteiger partial charge >= 0.3 is 0 Å². The number of Topliss-reactive ketones (excluding diaryl/α,β-unsaturated/α-hetero) is 1. The van der Waals surface area contributed by atoms with E-state index in [1.165, 1.54) is 0 Å². The first-order valence-corrected chi connectivity index (χ1v) is 7.02. The van der Waals surface area contributed by atoms with Gasteiger partial charge in [0.05, 0.1) is 24.6 Å². The van der Waals surface area contributed by atoms with Crippen molar-refractivity contribution in [3.05, 3.63) is 29.8 Å². The van der Waals surface area contributed by atoms with Crippen molar-refractivity contribution in [2.45, 2.75) is 6.92 Å². The summed E-state index contributed by atoms with van der Waals surface area (Å²) in [6, 6.07) is 7.08. The fourth-order valence-electron chi connectivity index (χ4n) is 1.81. The lowest BCUT2D eigenvalue weighted by Crippen LogP contribution is -2.01. The molecule has 0 fully saturated rings. The van der Waals surface area contributed by atoms with Crippen molar-refractivity contribution in [3.8, 4) is 11.6 Å². The van der Waals surface area contributed by atoms with Crippen molar-refractivity contribution >= 4 is 32.6 Å². The van der Waals surface area contributed by atoms with Gasteiger partial charge in [0.15, 0.2) is 5.78 Å². The topological polar surface area (TPSA) is 48.4 Å². The van der Waals surface area contributed by atoms with E-state index in [0.717, 1.165) is 10.9 Å². The van der Waals surface area contributed by atoms with E-state index in [1.807, 2.05) is 6.92 Å². The molecule has 0 unspecified atom stereocenters. The molecular formula is C14H14BrNO3. The second-order valence-electron chi connectivity index (χ2n) is 3.88. The van der Waals surface area contributed by atoms with Crippen LogP contribution in [0.5, 0.6) is 11.6 Å². The third-order valence-corrected chi connectivity index (χ3v) is 3.21. The van der Waals surface area contributed by atoms with Crippen LogP contribution in [0.15, 0.2) is 24.3 Å². The maximum Gasteiger partial charge on any atom is 0.217 e. The van der Waals surface area contributed by atoms with Gasteiger partial charge in [-0.05, 0) is 25.1 Å². The van der Waals surface area contributed by atoms with Crippen LogP contribution in [0, 0.1) is 0 Å². The zero-order chi connectivity index (χ0) is 13.8. The monoisotopic (exact) mass is 323 g/mol. The van der Waals surface area contributed by atoms with Crippen LogP contribution in [-0.2, 0) is 0 Å². The number of halogens is 1. The summed E-state index contributed by atoms with van der Waals surface area (Å²) in [5.74, 6) is 1.20. The first-order valence-electron chi connectivity index (χ1n) is 5.90. The molecule has 0 saturated heterocycles. The van der Waals surface area contributed by atoms with Crippen molar-refractivity contribution in [3.63, 3.8) is 0 Å². The molecule has 2 rings (SSSR count). The van der Waals surface area contributed by atoms with Gasteiger partial charge in [0.25, 0.3) is 0 Å². The lowest BCUT2D eigenvalue weighted by atomic mass is 10.1. The standard InChI is InChI=1S/C14H14BrNO3/c1-3-19-14-7-13(18-2)10-6-9(12(17)8-15)4-5-11(10)16-14/h4-7H,3,8H2,1-2H3. The van der Waals surface area contributed by atoms with Crippen LogP contribution >= 0.6 is 15.9 Å². The highest BCUT2D eigenvalue weighted by atomic mass is 79.9. The molecule has 19 heavy (non-hydrogen) atoms. The minimum Gasteiger partial charge on any atom is -0.496 e. The van der Waals surface area contributed by atoms with E-state index in [9.17, 15) is 4.79 Å². The van der Waals surface area contributed by atoms with Gasteiger partial charge in [0.2, 0.25) is 5.88 Å². The maximum absolute atomic E-state index is 11.7. The largest absolute Gasteiger partial charge is 0.496 e. The number of ether oxygens (including phenoxy) is 2. The fourth-order valence-corrected chi connectivity index (χ4v) is 2.14. The number of carbonyl (C=O) groups is 1. The molecular weight excluding hydrogens is 310 g/mol. The van der Waals surface area contributed by atoms with E-state index in [1.54, 1.807) is 31.4 Å². The number of benzene rings is 1. The van der Waals surface area contributed by atoms with E-state index in [4.69, 9.17) is 9.47 Å². The quantitative estimate of drug-likeness (QED) is 0.626. The van der Waals surface area contributed by atoms with E-state index in [-0.39, 0.29) is 5.78 Å². The summed E-state index contributed by atoms with van der Waals surface area (Å²) in [6.07, 6.45) is 0. The molecule has 100 valence electrons. The minimum absolute atomic E-state index is 0.0258. The van der Waals surface area contributed by atoms with Crippen molar-refractivity contribution in [1.82, 2.24) is 4.98 Å². The fraction of sp³-hybridized carbons (Fsp3) is 0.286. The van der Waals surface area contributed by atoms with Crippen LogP contribution in [0.3, 0.4) is 0 Å². The molecule has 0 saturated carbocycles. The average Bonchev–Trinajstić information content (AvgIpc) is 2.45. The number of methoxy groups -OCH3 is 1. The van der Waals surface area contributed by atoms with E-state index < -0.39 is 0 Å². The molecule has 0 aliphatic heterocycles. The van der Waals surface area contributed by atoms with Gasteiger partial charge in [-0.25, -0.2) is 4.98 Å². The van der Waals surface area contributed by atoms with Crippen LogP contribution < -0.4 is 9.47 Å². The number of alkyl halides is 1. The Morgan fingerprint density at radius 2 is 2.16 bits per heavy atom. The van der Waals surface area contributed by atoms with Gasteiger partial charge in [0.1, 0.15) is 5.75 Å². The smallest absolute Gasteiger partial charge is 0.217 e. The molecule has 0 amide bonds. The second kappa shape index (κ2) is 6.02. The average molecular weight is 324 g/mol. The summed E-state index contributed by atoms with van der Waals surface area (Å²) in [5.41, 5.74) is 1.38. The number of fused-ring (bicyclic) bond motifs is 1. The third-order valence-electron chi connectivity index (χ3n) is 2.70. The first kappa shape index (κ1) is 13.8. The molecule has 4 nitrogen and oxygen atoms in total. The molecule has 1 aromatic carbocycles. The van der Waals surface area contributed by atoms with Crippen LogP contribution in [0.1, 0.15) is 17.3 Å². The van der Waals surface area contributed by atoms with Crippen molar-refractivity contribution in [1.29, 1.82) is 0 Å². The molecule has 1 aromatic heterocycles. The van der Waals surface area contributed by atoms with E-state index in [2.05, 4.69) is 20.9 Å². The van der Waals surface area contributed by atoms with Crippen molar-refractivity contribution < 1.29 is 14.3 Å². The number of aromatic nitrogens is 1. The molecule has 2 aromatic rings. The maximum atomic E-state index is 11.7. The Bertz CT molecular complexity index is 613. The number of ketones is 1. The Morgan fingerprint density at radius 3 is 2.79 bits per heavy atom. The predicted molar refractivity (Wildman–Crippen MR) is 77.6 cm³/mol. The highest BCUT2D eigenvalue weighted by Crippen LogP contribution is 2.29. The van der Waals surface area contributed by atoms with Gasteiger partial charge in [-0.1, -0.05) is 15.9 Å². The zero-order valence-corrected chi connectivity index (χ0v) is 12.4. The Balaban J connectivity index is 2.58. The molecule has 0 spiro atoms. The minimum atomic E-state index is 0.0258. The summed E-state index contributed by atoms with van der Waals surface area (Å²) >= 11 is 3.17. The second-order valence-corrected chi connectivity index (χ2v) is 4.45. The molecule has 0 aliphatic rings. The molecule has 0 aliphatic carbocycles. The van der Waals surface area contributed by atoms with Gasteiger partial charge in [-0.15, -0.1) is 0 Å². The lowest BCUT2D eigenvalue weighted by molar-refractivity contribution is 0.102. The molecule has 1 heterocycles. The highest BCUT2D eigenvalue weighted by Gasteiger charge is 2.10. The Hall–Kier alpha value is -1.62. The van der Waals surface area contributed by atoms with Crippen LogP contribution in [0.2, 0.25) is 0 Å². The van der Waals surface area contributed by atoms with Gasteiger partial charge in [-0.2, -0.15) is 0 Å². The number of carbonyl (C=O) groups excluding carboxylic acids is 1. The van der Waals surface area contributed by atoms with Gasteiger partial charge in [-0.3, -0.25) is 4.79 Å². The number of rotatable bonds is 5.